The molecule has 2 aliphatic heterocycles. The highest BCUT2D eigenvalue weighted by molar-refractivity contribution is 9.10. The molecule has 2 N–H and O–H groups in total. The van der Waals surface area contributed by atoms with Crippen LogP contribution in [-0.4, -0.2) is 44.5 Å². The van der Waals surface area contributed by atoms with Gasteiger partial charge in [-0.25, -0.2) is 0 Å². The van der Waals surface area contributed by atoms with E-state index in [0.29, 0.717) is 12.6 Å². The molecule has 0 amide bonds. The van der Waals surface area contributed by atoms with E-state index in [-0.39, 0.29) is 12.8 Å². The Morgan fingerprint density at radius 1 is 1.33 bits per heavy atom. The highest BCUT2D eigenvalue weighted by Gasteiger charge is 2.27. The van der Waals surface area contributed by atoms with Crippen molar-refractivity contribution in [3.8, 4) is 11.5 Å². The number of rotatable bonds is 4. The first kappa shape index (κ1) is 15.1. The Hall–Kier alpha value is -0.820. The SMILES string of the molecule is CN(C1CCOCC1)C(CN)c1cc(Br)c2c(c1)OCO2. The fourth-order valence-corrected chi connectivity index (χ4v) is 3.64. The van der Waals surface area contributed by atoms with E-state index in [9.17, 15) is 0 Å². The lowest BCUT2D eigenvalue weighted by Crippen LogP contribution is -2.41. The molecule has 0 saturated carbocycles. The molecular weight excluding hydrogens is 336 g/mol. The molecule has 1 unspecified atom stereocenters. The number of fused-ring (bicyclic) bond motifs is 1. The first-order chi connectivity index (χ1) is 10.2. The molecule has 1 aromatic carbocycles. The molecular formula is C15H21BrN2O3. The van der Waals surface area contributed by atoms with Crippen LogP contribution in [0.3, 0.4) is 0 Å². The van der Waals surface area contributed by atoms with Crippen LogP contribution in [-0.2, 0) is 4.74 Å². The van der Waals surface area contributed by atoms with E-state index in [0.717, 1.165) is 47.6 Å². The van der Waals surface area contributed by atoms with Crippen LogP contribution in [0.25, 0.3) is 0 Å². The molecule has 1 aromatic rings. The highest BCUT2D eigenvalue weighted by Crippen LogP contribution is 2.42. The summed E-state index contributed by atoms with van der Waals surface area (Å²) in [5, 5.41) is 0. The van der Waals surface area contributed by atoms with Crippen molar-refractivity contribution in [3.63, 3.8) is 0 Å². The van der Waals surface area contributed by atoms with Crippen molar-refractivity contribution >= 4 is 15.9 Å². The summed E-state index contributed by atoms with van der Waals surface area (Å²) in [7, 11) is 2.14. The summed E-state index contributed by atoms with van der Waals surface area (Å²) in [6.45, 7) is 2.51. The molecule has 5 nitrogen and oxygen atoms in total. The fourth-order valence-electron chi connectivity index (χ4n) is 3.06. The maximum Gasteiger partial charge on any atom is 0.231 e. The first-order valence-electron chi connectivity index (χ1n) is 7.29. The van der Waals surface area contributed by atoms with Crippen molar-refractivity contribution in [3.05, 3.63) is 22.2 Å². The lowest BCUT2D eigenvalue weighted by molar-refractivity contribution is 0.0293. The number of benzene rings is 1. The van der Waals surface area contributed by atoms with Gasteiger partial charge in [0.15, 0.2) is 11.5 Å². The van der Waals surface area contributed by atoms with Crippen LogP contribution >= 0.6 is 15.9 Å². The minimum absolute atomic E-state index is 0.166. The maximum absolute atomic E-state index is 6.05. The molecule has 1 atom stereocenters. The summed E-state index contributed by atoms with van der Waals surface area (Å²) in [6, 6.07) is 4.80. The zero-order chi connectivity index (χ0) is 14.8. The summed E-state index contributed by atoms with van der Waals surface area (Å²) in [5.74, 6) is 1.57. The predicted octanol–water partition coefficient (Wildman–Crippen LogP) is 2.29. The smallest absolute Gasteiger partial charge is 0.231 e. The number of nitrogens with zero attached hydrogens (tertiary/aromatic N) is 1. The van der Waals surface area contributed by atoms with Gasteiger partial charge in [-0.2, -0.15) is 0 Å². The molecule has 1 saturated heterocycles. The number of likely N-dealkylation sites (N-methyl/N-ethyl adjacent to an activating group) is 1. The standard InChI is InChI=1S/C15H21BrN2O3/c1-18(11-2-4-19-5-3-11)13(8-17)10-6-12(16)15-14(7-10)20-9-21-15/h6-7,11,13H,2-5,8-9,17H2,1H3. The highest BCUT2D eigenvalue weighted by atomic mass is 79.9. The molecule has 2 heterocycles. The lowest BCUT2D eigenvalue weighted by Gasteiger charge is -2.37. The molecule has 0 radical (unpaired) electrons. The van der Waals surface area contributed by atoms with Gasteiger partial charge in [-0.05, 0) is 53.5 Å². The Bertz CT molecular complexity index is 506. The van der Waals surface area contributed by atoms with E-state index in [4.69, 9.17) is 19.9 Å². The van der Waals surface area contributed by atoms with E-state index in [1.54, 1.807) is 0 Å². The number of hydrogen-bond donors (Lipinski definition) is 1. The van der Waals surface area contributed by atoms with Gasteiger partial charge < -0.3 is 19.9 Å². The van der Waals surface area contributed by atoms with Gasteiger partial charge in [-0.15, -0.1) is 0 Å². The van der Waals surface area contributed by atoms with Crippen LogP contribution < -0.4 is 15.2 Å². The zero-order valence-electron chi connectivity index (χ0n) is 12.2. The van der Waals surface area contributed by atoms with E-state index in [1.807, 2.05) is 6.07 Å². The quantitative estimate of drug-likeness (QED) is 0.896. The predicted molar refractivity (Wildman–Crippen MR) is 83.7 cm³/mol. The second kappa shape index (κ2) is 6.52. The third-order valence-electron chi connectivity index (χ3n) is 4.32. The lowest BCUT2D eigenvalue weighted by atomic mass is 10.00. The maximum atomic E-state index is 6.05. The number of halogens is 1. The average molecular weight is 357 g/mol. The summed E-state index contributed by atoms with van der Waals surface area (Å²) in [4.78, 5) is 2.37. The Morgan fingerprint density at radius 2 is 2.10 bits per heavy atom. The molecule has 0 aromatic heterocycles. The average Bonchev–Trinajstić information content (AvgIpc) is 2.98. The van der Waals surface area contributed by atoms with E-state index in [1.165, 1.54) is 0 Å². The monoisotopic (exact) mass is 356 g/mol. The molecule has 0 aliphatic carbocycles. The molecule has 21 heavy (non-hydrogen) atoms. The van der Waals surface area contributed by atoms with Gasteiger partial charge in [-0.3, -0.25) is 4.90 Å². The molecule has 3 rings (SSSR count). The van der Waals surface area contributed by atoms with Crippen LogP contribution in [0.5, 0.6) is 11.5 Å². The molecule has 2 aliphatic rings. The van der Waals surface area contributed by atoms with Gasteiger partial charge in [0.25, 0.3) is 0 Å². The van der Waals surface area contributed by atoms with Crippen LogP contribution in [0.4, 0.5) is 0 Å². The van der Waals surface area contributed by atoms with Gasteiger partial charge in [-0.1, -0.05) is 0 Å². The van der Waals surface area contributed by atoms with Crippen molar-refractivity contribution in [2.24, 2.45) is 5.73 Å². The Morgan fingerprint density at radius 3 is 2.81 bits per heavy atom. The molecule has 0 bridgehead atoms. The third kappa shape index (κ3) is 3.04. The molecule has 116 valence electrons. The second-order valence-electron chi connectivity index (χ2n) is 5.50. The fraction of sp³-hybridized carbons (Fsp3) is 0.600. The summed E-state index contributed by atoms with van der Waals surface area (Å²) in [6.07, 6.45) is 2.11. The normalized spacial score (nSPS) is 20.0. The molecule has 0 spiro atoms. The van der Waals surface area contributed by atoms with Gasteiger partial charge in [0, 0.05) is 31.8 Å². The number of hydrogen-bond acceptors (Lipinski definition) is 5. The van der Waals surface area contributed by atoms with Crippen molar-refractivity contribution in [1.29, 1.82) is 0 Å². The van der Waals surface area contributed by atoms with Crippen molar-refractivity contribution in [2.45, 2.75) is 24.9 Å². The minimum Gasteiger partial charge on any atom is -0.454 e. The Kier molecular flexibility index (Phi) is 4.69. The largest absolute Gasteiger partial charge is 0.454 e. The topological polar surface area (TPSA) is 57.0 Å². The van der Waals surface area contributed by atoms with Crippen LogP contribution in [0.2, 0.25) is 0 Å². The zero-order valence-corrected chi connectivity index (χ0v) is 13.8. The Balaban J connectivity index is 1.84. The van der Waals surface area contributed by atoms with Gasteiger partial charge >= 0.3 is 0 Å². The third-order valence-corrected chi connectivity index (χ3v) is 4.91. The molecule has 6 heteroatoms. The van der Waals surface area contributed by atoms with Crippen LogP contribution in [0, 0.1) is 0 Å². The van der Waals surface area contributed by atoms with Gasteiger partial charge in [0.2, 0.25) is 6.79 Å². The Labute approximate surface area is 133 Å². The van der Waals surface area contributed by atoms with Crippen molar-refractivity contribution < 1.29 is 14.2 Å². The van der Waals surface area contributed by atoms with E-state index >= 15 is 0 Å². The number of nitrogens with two attached hydrogens (primary N) is 1. The van der Waals surface area contributed by atoms with Gasteiger partial charge in [0.1, 0.15) is 0 Å². The number of ether oxygens (including phenoxy) is 3. The van der Waals surface area contributed by atoms with E-state index < -0.39 is 0 Å². The first-order valence-corrected chi connectivity index (χ1v) is 8.08. The van der Waals surface area contributed by atoms with Gasteiger partial charge in [0.05, 0.1) is 4.47 Å². The molecule has 1 fully saturated rings. The summed E-state index contributed by atoms with van der Waals surface area (Å²) in [5.41, 5.74) is 7.20. The van der Waals surface area contributed by atoms with Crippen LogP contribution in [0.15, 0.2) is 16.6 Å². The van der Waals surface area contributed by atoms with Crippen LogP contribution in [0.1, 0.15) is 24.4 Å². The van der Waals surface area contributed by atoms with Crippen molar-refractivity contribution in [1.82, 2.24) is 4.90 Å². The van der Waals surface area contributed by atoms with Crippen molar-refractivity contribution in [2.75, 3.05) is 33.6 Å². The second-order valence-corrected chi connectivity index (χ2v) is 6.35. The summed E-state index contributed by atoms with van der Waals surface area (Å²) < 4.78 is 17.3. The minimum atomic E-state index is 0.166. The summed E-state index contributed by atoms with van der Waals surface area (Å²) >= 11 is 3.56. The van der Waals surface area contributed by atoms with E-state index in [2.05, 4.69) is 33.9 Å².